The molecule has 1 aliphatic heterocycles. The summed E-state index contributed by atoms with van der Waals surface area (Å²) >= 11 is 0. The third kappa shape index (κ3) is 6.48. The summed E-state index contributed by atoms with van der Waals surface area (Å²) in [6, 6.07) is 19.8. The van der Waals surface area contributed by atoms with E-state index < -0.39 is 24.6 Å². The van der Waals surface area contributed by atoms with E-state index in [2.05, 4.69) is 6.58 Å². The Morgan fingerprint density at radius 1 is 0.968 bits per heavy atom. The summed E-state index contributed by atoms with van der Waals surface area (Å²) < 4.78 is 29.4. The summed E-state index contributed by atoms with van der Waals surface area (Å²) in [6.45, 7) is 6.23. The molecule has 0 spiro atoms. The van der Waals surface area contributed by atoms with Gasteiger partial charge in [-0.3, -0.25) is 4.79 Å². The van der Waals surface area contributed by atoms with Crippen LogP contribution in [0.5, 0.6) is 0 Å². The summed E-state index contributed by atoms with van der Waals surface area (Å²) in [5.74, 6) is -0.608. The lowest BCUT2D eigenvalue weighted by molar-refractivity contribution is -0.295. The number of esters is 1. The largest absolute Gasteiger partial charge is 0.463 e. The first-order valence-corrected chi connectivity index (χ1v) is 10.4. The van der Waals surface area contributed by atoms with Crippen LogP contribution in [-0.2, 0) is 41.7 Å². The van der Waals surface area contributed by atoms with Gasteiger partial charge in [-0.15, -0.1) is 6.58 Å². The number of methoxy groups -OCH3 is 1. The Bertz CT molecular complexity index is 809. The molecule has 5 unspecified atom stereocenters. The quantitative estimate of drug-likeness (QED) is 0.424. The molecule has 1 heterocycles. The molecule has 0 N–H and O–H groups in total. The molecular formula is C25H30O6. The molecule has 6 nitrogen and oxygen atoms in total. The Balaban J connectivity index is 1.78. The number of carbonyl (C=O) groups is 1. The normalized spacial score (nSPS) is 25.7. The van der Waals surface area contributed by atoms with Crippen molar-refractivity contribution in [2.75, 3.05) is 13.7 Å². The lowest BCUT2D eigenvalue weighted by Crippen LogP contribution is -2.57. The van der Waals surface area contributed by atoms with Gasteiger partial charge in [0.1, 0.15) is 18.8 Å². The second-order valence-electron chi connectivity index (χ2n) is 7.42. The van der Waals surface area contributed by atoms with E-state index in [0.29, 0.717) is 13.2 Å². The number of rotatable bonds is 10. The van der Waals surface area contributed by atoms with Gasteiger partial charge >= 0.3 is 5.97 Å². The molecule has 3 rings (SSSR count). The molecule has 5 atom stereocenters. The molecular weight excluding hydrogens is 396 g/mol. The predicted octanol–water partition coefficient (Wildman–Crippen LogP) is 3.89. The summed E-state index contributed by atoms with van der Waals surface area (Å²) in [7, 11) is 1.57. The highest BCUT2D eigenvalue weighted by molar-refractivity contribution is 5.65. The van der Waals surface area contributed by atoms with E-state index in [0.717, 1.165) is 11.1 Å². The molecule has 1 aliphatic rings. The summed E-state index contributed by atoms with van der Waals surface area (Å²) in [6.07, 6.45) is -0.219. The van der Waals surface area contributed by atoms with Crippen LogP contribution in [-0.4, -0.2) is 44.3 Å². The van der Waals surface area contributed by atoms with E-state index in [1.165, 1.54) is 6.92 Å². The Labute approximate surface area is 183 Å². The van der Waals surface area contributed by atoms with Gasteiger partial charge in [-0.2, -0.15) is 0 Å². The molecule has 6 heteroatoms. The second kappa shape index (κ2) is 11.8. The van der Waals surface area contributed by atoms with Crippen molar-refractivity contribution in [3.63, 3.8) is 0 Å². The Kier molecular flexibility index (Phi) is 8.79. The van der Waals surface area contributed by atoms with Gasteiger partial charge in [-0.1, -0.05) is 66.7 Å². The second-order valence-corrected chi connectivity index (χ2v) is 7.42. The highest BCUT2D eigenvalue weighted by atomic mass is 16.7. The molecule has 1 fully saturated rings. The highest BCUT2D eigenvalue weighted by Crippen LogP contribution is 2.33. The minimum absolute atomic E-state index is 0.0599. The van der Waals surface area contributed by atoms with Crippen LogP contribution < -0.4 is 0 Å². The van der Waals surface area contributed by atoms with Gasteiger partial charge in [0.15, 0.2) is 6.29 Å². The monoisotopic (exact) mass is 426 g/mol. The maximum atomic E-state index is 11.4. The first-order chi connectivity index (χ1) is 15.1. The molecule has 2 aromatic rings. The van der Waals surface area contributed by atoms with E-state index >= 15 is 0 Å². The summed E-state index contributed by atoms with van der Waals surface area (Å²) in [5, 5.41) is 0. The minimum atomic E-state index is -0.649. The SMILES string of the molecule is C=CC1C(OCc2ccccc2)C(COC(C)=O)OC(OC)C1OCc1ccccc1. The molecule has 1 saturated heterocycles. The van der Waals surface area contributed by atoms with Gasteiger partial charge in [0, 0.05) is 20.0 Å². The summed E-state index contributed by atoms with van der Waals surface area (Å²) in [5.41, 5.74) is 2.08. The van der Waals surface area contributed by atoms with Crippen LogP contribution in [0.4, 0.5) is 0 Å². The van der Waals surface area contributed by atoms with E-state index in [1.807, 2.05) is 60.7 Å². The van der Waals surface area contributed by atoms with E-state index in [9.17, 15) is 4.79 Å². The average molecular weight is 427 g/mol. The standard InChI is InChI=1S/C25H30O6/c1-4-21-23(29-15-19-11-7-5-8-12-19)22(17-28-18(2)26)31-25(27-3)24(21)30-16-20-13-9-6-10-14-20/h4-14,21-25H,1,15-17H2,2-3H3. The number of hydrogen-bond donors (Lipinski definition) is 0. The third-order valence-electron chi connectivity index (χ3n) is 5.23. The molecule has 0 bridgehead atoms. The van der Waals surface area contributed by atoms with Crippen LogP contribution in [0.25, 0.3) is 0 Å². The van der Waals surface area contributed by atoms with Crippen LogP contribution in [0.3, 0.4) is 0 Å². The average Bonchev–Trinajstić information content (AvgIpc) is 2.81. The lowest BCUT2D eigenvalue weighted by atomic mass is 9.88. The highest BCUT2D eigenvalue weighted by Gasteiger charge is 2.46. The van der Waals surface area contributed by atoms with Crippen molar-refractivity contribution >= 4 is 5.97 Å². The molecule has 0 aliphatic carbocycles. The fraction of sp³-hybridized carbons (Fsp3) is 0.400. The number of carbonyl (C=O) groups excluding carboxylic acids is 1. The van der Waals surface area contributed by atoms with Gasteiger partial charge in [0.05, 0.1) is 19.3 Å². The van der Waals surface area contributed by atoms with Crippen molar-refractivity contribution < 1.29 is 28.5 Å². The van der Waals surface area contributed by atoms with Gasteiger partial charge in [0.2, 0.25) is 0 Å². The van der Waals surface area contributed by atoms with Crippen LogP contribution in [0, 0.1) is 5.92 Å². The fourth-order valence-electron chi connectivity index (χ4n) is 3.68. The number of hydrogen-bond acceptors (Lipinski definition) is 6. The fourth-order valence-corrected chi connectivity index (χ4v) is 3.68. The van der Waals surface area contributed by atoms with Crippen LogP contribution in [0.15, 0.2) is 73.3 Å². The smallest absolute Gasteiger partial charge is 0.302 e. The molecule has 0 saturated carbocycles. The van der Waals surface area contributed by atoms with Gasteiger partial charge in [0.25, 0.3) is 0 Å². The topological polar surface area (TPSA) is 63.2 Å². The van der Waals surface area contributed by atoms with Gasteiger partial charge < -0.3 is 23.7 Å². The van der Waals surface area contributed by atoms with Crippen molar-refractivity contribution in [2.45, 2.75) is 44.7 Å². The maximum Gasteiger partial charge on any atom is 0.302 e. The van der Waals surface area contributed by atoms with Crippen molar-refractivity contribution in [1.29, 1.82) is 0 Å². The molecule has 0 aromatic heterocycles. The van der Waals surface area contributed by atoms with Gasteiger partial charge in [-0.05, 0) is 11.1 Å². The predicted molar refractivity (Wildman–Crippen MR) is 116 cm³/mol. The van der Waals surface area contributed by atoms with E-state index in [-0.39, 0.29) is 18.5 Å². The van der Waals surface area contributed by atoms with Crippen molar-refractivity contribution in [1.82, 2.24) is 0 Å². The van der Waals surface area contributed by atoms with Crippen LogP contribution >= 0.6 is 0 Å². The molecule has 0 amide bonds. The van der Waals surface area contributed by atoms with Gasteiger partial charge in [-0.25, -0.2) is 0 Å². The Morgan fingerprint density at radius 3 is 2.00 bits per heavy atom. The van der Waals surface area contributed by atoms with E-state index in [4.69, 9.17) is 23.7 Å². The van der Waals surface area contributed by atoms with Crippen molar-refractivity contribution in [3.8, 4) is 0 Å². The maximum absolute atomic E-state index is 11.4. The van der Waals surface area contributed by atoms with Crippen molar-refractivity contribution in [3.05, 3.63) is 84.4 Å². The summed E-state index contributed by atoms with van der Waals surface area (Å²) in [4.78, 5) is 11.4. The van der Waals surface area contributed by atoms with Crippen molar-refractivity contribution in [2.24, 2.45) is 5.92 Å². The first-order valence-electron chi connectivity index (χ1n) is 10.4. The lowest BCUT2D eigenvalue weighted by Gasteiger charge is -2.44. The van der Waals surface area contributed by atoms with E-state index in [1.54, 1.807) is 13.2 Å². The van der Waals surface area contributed by atoms with Crippen LogP contribution in [0.1, 0.15) is 18.1 Å². The zero-order valence-electron chi connectivity index (χ0n) is 18.0. The first kappa shape index (κ1) is 23.2. The number of ether oxygens (including phenoxy) is 5. The third-order valence-corrected chi connectivity index (χ3v) is 5.23. The van der Waals surface area contributed by atoms with Crippen LogP contribution in [0.2, 0.25) is 0 Å². The minimum Gasteiger partial charge on any atom is -0.463 e. The zero-order valence-corrected chi connectivity index (χ0v) is 18.0. The Hall–Kier alpha value is -2.51. The number of benzene rings is 2. The molecule has 31 heavy (non-hydrogen) atoms. The zero-order chi connectivity index (χ0) is 22.1. The molecule has 166 valence electrons. The Morgan fingerprint density at radius 2 is 1.52 bits per heavy atom. The molecule has 0 radical (unpaired) electrons. The molecule has 2 aromatic carbocycles.